The maximum Gasteiger partial charge on any atom is 0.362 e. The van der Waals surface area contributed by atoms with Crippen LogP contribution in [0.1, 0.15) is 20.8 Å². The molecular formula is C16H23Cl2N2O4S+. The molecule has 0 amide bonds. The van der Waals surface area contributed by atoms with Crippen molar-refractivity contribution in [2.45, 2.75) is 31.3 Å². The highest BCUT2D eigenvalue weighted by atomic mass is 35.5. The molecule has 140 valence electrons. The van der Waals surface area contributed by atoms with Crippen LogP contribution in [-0.4, -0.2) is 57.0 Å². The average molecular weight is 410 g/mol. The molecule has 1 saturated heterocycles. The Morgan fingerprint density at radius 3 is 2.40 bits per heavy atom. The second-order valence-electron chi connectivity index (χ2n) is 6.97. The molecule has 1 aliphatic rings. The molecule has 1 heterocycles. The largest absolute Gasteiger partial charge is 0.456 e. The van der Waals surface area contributed by atoms with Crippen LogP contribution in [0.2, 0.25) is 10.0 Å². The highest BCUT2D eigenvalue weighted by molar-refractivity contribution is 7.89. The van der Waals surface area contributed by atoms with Crippen molar-refractivity contribution in [1.29, 1.82) is 0 Å². The van der Waals surface area contributed by atoms with Crippen molar-refractivity contribution in [3.8, 4) is 0 Å². The topological polar surface area (TPSA) is 68.1 Å². The van der Waals surface area contributed by atoms with Gasteiger partial charge in [0.15, 0.2) is 6.54 Å². The first-order valence-corrected chi connectivity index (χ1v) is 10.2. The van der Waals surface area contributed by atoms with E-state index in [-0.39, 0.29) is 27.5 Å². The van der Waals surface area contributed by atoms with Crippen molar-refractivity contribution < 1.29 is 22.8 Å². The van der Waals surface area contributed by atoms with Gasteiger partial charge in [-0.2, -0.15) is 4.31 Å². The standard InChI is InChI=1S/C16H22Cl2N2O4S/c1-16(2,3)24-14(21)11-19-7-9-20(10-8-19)25(22,23)13-6-4-5-12(17)15(13)18/h4-6H,7-11H2,1-3H3/p+1. The van der Waals surface area contributed by atoms with Crippen LogP contribution in [-0.2, 0) is 19.6 Å². The number of benzene rings is 1. The van der Waals surface area contributed by atoms with Crippen molar-refractivity contribution >= 4 is 39.2 Å². The van der Waals surface area contributed by atoms with Gasteiger partial charge < -0.3 is 9.64 Å². The summed E-state index contributed by atoms with van der Waals surface area (Å²) in [5.74, 6) is -0.281. The Balaban J connectivity index is 2.00. The van der Waals surface area contributed by atoms with Crippen LogP contribution in [0.15, 0.2) is 23.1 Å². The number of ether oxygens (including phenoxy) is 1. The lowest BCUT2D eigenvalue weighted by molar-refractivity contribution is -0.896. The van der Waals surface area contributed by atoms with Gasteiger partial charge in [0.05, 0.1) is 36.2 Å². The summed E-state index contributed by atoms with van der Waals surface area (Å²) in [6, 6.07) is 4.56. The molecule has 1 aromatic rings. The molecule has 9 heteroatoms. The predicted octanol–water partition coefficient (Wildman–Crippen LogP) is 1.22. The first-order chi connectivity index (χ1) is 11.5. The minimum atomic E-state index is -3.71. The van der Waals surface area contributed by atoms with Crippen LogP contribution < -0.4 is 4.90 Å². The summed E-state index contributed by atoms with van der Waals surface area (Å²) in [5.41, 5.74) is -0.523. The summed E-state index contributed by atoms with van der Waals surface area (Å²) in [7, 11) is -3.71. The van der Waals surface area contributed by atoms with Crippen LogP contribution in [0.4, 0.5) is 0 Å². The van der Waals surface area contributed by atoms with Gasteiger partial charge in [-0.25, -0.2) is 13.2 Å². The van der Waals surface area contributed by atoms with Gasteiger partial charge in [-0.05, 0) is 32.9 Å². The van der Waals surface area contributed by atoms with Crippen molar-refractivity contribution in [2.75, 3.05) is 32.7 Å². The van der Waals surface area contributed by atoms with Gasteiger partial charge in [0.25, 0.3) is 0 Å². The molecule has 0 saturated carbocycles. The molecule has 0 radical (unpaired) electrons. The Labute approximate surface area is 158 Å². The van der Waals surface area contributed by atoms with E-state index in [1.807, 2.05) is 20.8 Å². The number of esters is 1. The Morgan fingerprint density at radius 2 is 1.84 bits per heavy atom. The molecular weight excluding hydrogens is 387 g/mol. The molecule has 0 unspecified atom stereocenters. The minimum absolute atomic E-state index is 0.0114. The molecule has 1 aromatic carbocycles. The highest BCUT2D eigenvalue weighted by Crippen LogP contribution is 2.30. The van der Waals surface area contributed by atoms with E-state index in [2.05, 4.69) is 0 Å². The Hall–Kier alpha value is -0.860. The molecule has 0 atom stereocenters. The smallest absolute Gasteiger partial charge is 0.362 e. The zero-order chi connectivity index (χ0) is 18.8. The van der Waals surface area contributed by atoms with E-state index in [1.54, 1.807) is 12.1 Å². The summed E-state index contributed by atoms with van der Waals surface area (Å²) in [6.45, 7) is 7.35. The molecule has 2 rings (SSSR count). The van der Waals surface area contributed by atoms with Crippen LogP contribution in [0.25, 0.3) is 0 Å². The van der Waals surface area contributed by atoms with Gasteiger partial charge in [-0.15, -0.1) is 0 Å². The van der Waals surface area contributed by atoms with E-state index in [4.69, 9.17) is 27.9 Å². The summed E-state index contributed by atoms with van der Waals surface area (Å²) in [5, 5.41) is 0.240. The first-order valence-electron chi connectivity index (χ1n) is 8.00. The van der Waals surface area contributed by atoms with Crippen molar-refractivity contribution in [2.24, 2.45) is 0 Å². The maximum atomic E-state index is 12.8. The van der Waals surface area contributed by atoms with E-state index in [9.17, 15) is 13.2 Å². The van der Waals surface area contributed by atoms with Crippen LogP contribution in [0.5, 0.6) is 0 Å². The number of sulfonamides is 1. The SMILES string of the molecule is CC(C)(C)OC(=O)C[NH+]1CCN(S(=O)(=O)c2cccc(Cl)c2Cl)CC1. The number of carbonyl (C=O) groups excluding carboxylic acids is 1. The molecule has 0 aromatic heterocycles. The second kappa shape index (κ2) is 7.80. The number of nitrogens with one attached hydrogen (secondary N) is 1. The van der Waals surface area contributed by atoms with Gasteiger partial charge in [-0.1, -0.05) is 29.3 Å². The summed E-state index contributed by atoms with van der Waals surface area (Å²) < 4.78 is 32.2. The number of rotatable bonds is 4. The first kappa shape index (κ1) is 20.5. The second-order valence-corrected chi connectivity index (χ2v) is 9.66. The highest BCUT2D eigenvalue weighted by Gasteiger charge is 2.33. The van der Waals surface area contributed by atoms with Gasteiger partial charge in [0, 0.05) is 0 Å². The number of hydrogen-bond donors (Lipinski definition) is 1. The van der Waals surface area contributed by atoms with E-state index in [0.29, 0.717) is 26.2 Å². The van der Waals surface area contributed by atoms with Gasteiger partial charge in [0.1, 0.15) is 10.5 Å². The molecule has 25 heavy (non-hydrogen) atoms. The number of piperazine rings is 1. The summed E-state index contributed by atoms with van der Waals surface area (Å²) >= 11 is 12.0. The number of carbonyl (C=O) groups is 1. The van der Waals surface area contributed by atoms with E-state index < -0.39 is 15.6 Å². The fourth-order valence-electron chi connectivity index (χ4n) is 2.62. The molecule has 0 aliphatic carbocycles. The van der Waals surface area contributed by atoms with E-state index in [0.717, 1.165) is 4.90 Å². The van der Waals surface area contributed by atoms with Gasteiger partial charge in [0.2, 0.25) is 10.0 Å². The molecule has 1 N–H and O–H groups in total. The van der Waals surface area contributed by atoms with Crippen LogP contribution >= 0.6 is 23.2 Å². The minimum Gasteiger partial charge on any atom is -0.456 e. The fraction of sp³-hybridized carbons (Fsp3) is 0.562. The monoisotopic (exact) mass is 409 g/mol. The molecule has 0 spiro atoms. The lowest BCUT2D eigenvalue weighted by Gasteiger charge is -2.31. The Kier molecular flexibility index (Phi) is 6.38. The fourth-order valence-corrected chi connectivity index (χ4v) is 4.80. The number of halogens is 2. The third kappa shape index (κ3) is 5.31. The normalized spacial score (nSPS) is 17.5. The number of hydrogen-bond acceptors (Lipinski definition) is 4. The average Bonchev–Trinajstić information content (AvgIpc) is 2.48. The molecule has 1 fully saturated rings. The molecule has 1 aliphatic heterocycles. The number of nitrogens with zero attached hydrogens (tertiary/aromatic N) is 1. The van der Waals surface area contributed by atoms with Gasteiger partial charge >= 0.3 is 5.97 Å². The Morgan fingerprint density at radius 1 is 1.24 bits per heavy atom. The quantitative estimate of drug-likeness (QED) is 0.759. The van der Waals surface area contributed by atoms with Crippen LogP contribution in [0.3, 0.4) is 0 Å². The van der Waals surface area contributed by atoms with Crippen molar-refractivity contribution in [3.05, 3.63) is 28.2 Å². The maximum absolute atomic E-state index is 12.8. The van der Waals surface area contributed by atoms with Crippen LogP contribution in [0, 0.1) is 0 Å². The van der Waals surface area contributed by atoms with Crippen molar-refractivity contribution in [1.82, 2.24) is 4.31 Å². The Bertz CT molecular complexity index is 739. The lowest BCUT2D eigenvalue weighted by atomic mass is 10.2. The molecule has 0 bridgehead atoms. The lowest BCUT2D eigenvalue weighted by Crippen LogP contribution is -3.15. The number of quaternary nitrogens is 1. The van der Waals surface area contributed by atoms with E-state index >= 15 is 0 Å². The van der Waals surface area contributed by atoms with Crippen molar-refractivity contribution in [3.63, 3.8) is 0 Å². The summed E-state index contributed by atoms with van der Waals surface area (Å²) in [4.78, 5) is 12.9. The zero-order valence-electron chi connectivity index (χ0n) is 14.5. The van der Waals surface area contributed by atoms with E-state index in [1.165, 1.54) is 10.4 Å². The zero-order valence-corrected chi connectivity index (χ0v) is 16.8. The third-order valence-electron chi connectivity index (χ3n) is 3.78. The third-order valence-corrected chi connectivity index (χ3v) is 6.65. The van der Waals surface area contributed by atoms with Gasteiger partial charge in [-0.3, -0.25) is 0 Å². The molecule has 6 nitrogen and oxygen atoms in total. The predicted molar refractivity (Wildman–Crippen MR) is 96.6 cm³/mol. The summed E-state index contributed by atoms with van der Waals surface area (Å²) in [6.07, 6.45) is 0.